The lowest BCUT2D eigenvalue weighted by Gasteiger charge is -2.17. The number of hydrogen-bond donors (Lipinski definition) is 2. The van der Waals surface area contributed by atoms with E-state index in [1.807, 2.05) is 19.9 Å². The lowest BCUT2D eigenvalue weighted by molar-refractivity contribution is -0.123. The first-order valence-corrected chi connectivity index (χ1v) is 6.10. The Morgan fingerprint density at radius 2 is 2.33 bits per heavy atom. The third-order valence-corrected chi connectivity index (χ3v) is 3.03. The Hall–Kier alpha value is -1.62. The summed E-state index contributed by atoms with van der Waals surface area (Å²) in [7, 11) is 1.56. The molecule has 0 unspecified atom stereocenters. The van der Waals surface area contributed by atoms with Crippen LogP contribution in [0.15, 0.2) is 18.3 Å². The van der Waals surface area contributed by atoms with Crippen molar-refractivity contribution in [2.75, 3.05) is 7.11 Å². The molecule has 3 N–H and O–H groups in total. The van der Waals surface area contributed by atoms with Crippen LogP contribution >= 0.6 is 0 Å². The van der Waals surface area contributed by atoms with Crippen LogP contribution in [0.2, 0.25) is 0 Å². The Kier molecular flexibility index (Phi) is 5.58. The molecule has 5 heteroatoms. The highest BCUT2D eigenvalue weighted by atomic mass is 16.5. The SMILES string of the molecule is CC[C@H](C)[C@H](N)C(=O)NCc1ccnc(OC)c1. The van der Waals surface area contributed by atoms with Gasteiger partial charge in [-0.25, -0.2) is 4.98 Å². The summed E-state index contributed by atoms with van der Waals surface area (Å²) in [5.41, 5.74) is 6.78. The zero-order chi connectivity index (χ0) is 13.5. The first-order chi connectivity index (χ1) is 8.58. The van der Waals surface area contributed by atoms with Gasteiger partial charge in [-0.05, 0) is 17.5 Å². The minimum Gasteiger partial charge on any atom is -0.481 e. The second-order valence-electron chi connectivity index (χ2n) is 4.34. The number of amides is 1. The van der Waals surface area contributed by atoms with Crippen molar-refractivity contribution in [2.24, 2.45) is 11.7 Å². The molecule has 0 aliphatic carbocycles. The number of nitrogens with two attached hydrogens (primary N) is 1. The molecule has 1 rings (SSSR count). The lowest BCUT2D eigenvalue weighted by atomic mass is 9.99. The standard InChI is InChI=1S/C13H21N3O2/c1-4-9(2)12(14)13(17)16-8-10-5-6-15-11(7-10)18-3/h5-7,9,12H,4,8,14H2,1-3H3,(H,16,17)/t9-,12-/m0/s1. The summed E-state index contributed by atoms with van der Waals surface area (Å²) in [5, 5.41) is 2.82. The number of methoxy groups -OCH3 is 1. The monoisotopic (exact) mass is 251 g/mol. The number of nitrogens with zero attached hydrogens (tertiary/aromatic N) is 1. The molecule has 2 atom stereocenters. The van der Waals surface area contributed by atoms with Crippen LogP contribution < -0.4 is 15.8 Å². The average Bonchev–Trinajstić information content (AvgIpc) is 2.43. The Morgan fingerprint density at radius 1 is 1.61 bits per heavy atom. The quantitative estimate of drug-likeness (QED) is 0.793. The average molecular weight is 251 g/mol. The molecule has 0 aliphatic heterocycles. The van der Waals surface area contributed by atoms with Crippen molar-refractivity contribution >= 4 is 5.91 Å². The second kappa shape index (κ2) is 6.96. The first-order valence-electron chi connectivity index (χ1n) is 6.10. The van der Waals surface area contributed by atoms with Crippen LogP contribution in [0, 0.1) is 5.92 Å². The van der Waals surface area contributed by atoms with Gasteiger partial charge in [0.05, 0.1) is 13.2 Å². The third-order valence-electron chi connectivity index (χ3n) is 3.03. The molecule has 1 amide bonds. The van der Waals surface area contributed by atoms with Gasteiger partial charge < -0.3 is 15.8 Å². The van der Waals surface area contributed by atoms with E-state index in [1.54, 1.807) is 19.4 Å². The molecule has 1 aromatic rings. The molecule has 0 bridgehead atoms. The second-order valence-corrected chi connectivity index (χ2v) is 4.34. The summed E-state index contributed by atoms with van der Waals surface area (Å²) in [6, 6.07) is 3.16. The molecule has 5 nitrogen and oxygen atoms in total. The van der Waals surface area contributed by atoms with Crippen LogP contribution in [0.25, 0.3) is 0 Å². The molecular formula is C13H21N3O2. The van der Waals surface area contributed by atoms with Crippen molar-refractivity contribution in [3.8, 4) is 5.88 Å². The molecule has 0 aliphatic rings. The van der Waals surface area contributed by atoms with Gasteiger partial charge in [0.1, 0.15) is 0 Å². The van der Waals surface area contributed by atoms with Crippen molar-refractivity contribution in [3.05, 3.63) is 23.9 Å². The molecule has 0 saturated heterocycles. The normalized spacial score (nSPS) is 13.8. The van der Waals surface area contributed by atoms with Gasteiger partial charge in [0, 0.05) is 18.8 Å². The maximum Gasteiger partial charge on any atom is 0.237 e. The van der Waals surface area contributed by atoms with E-state index in [4.69, 9.17) is 10.5 Å². The maximum atomic E-state index is 11.8. The Labute approximate surface area is 108 Å². The topological polar surface area (TPSA) is 77.2 Å². The van der Waals surface area contributed by atoms with Crippen LogP contribution in [-0.2, 0) is 11.3 Å². The summed E-state index contributed by atoms with van der Waals surface area (Å²) in [6.45, 7) is 4.42. The van der Waals surface area contributed by atoms with Crippen molar-refractivity contribution in [3.63, 3.8) is 0 Å². The predicted octanol–water partition coefficient (Wildman–Crippen LogP) is 1.08. The van der Waals surface area contributed by atoms with E-state index in [0.29, 0.717) is 12.4 Å². The summed E-state index contributed by atoms with van der Waals surface area (Å²) in [5.74, 6) is 0.588. The highest BCUT2D eigenvalue weighted by molar-refractivity contribution is 5.81. The molecule has 18 heavy (non-hydrogen) atoms. The Morgan fingerprint density at radius 3 is 2.94 bits per heavy atom. The van der Waals surface area contributed by atoms with Gasteiger partial charge in [-0.1, -0.05) is 20.3 Å². The summed E-state index contributed by atoms with van der Waals surface area (Å²) < 4.78 is 5.02. The van der Waals surface area contributed by atoms with Gasteiger partial charge in [-0.3, -0.25) is 4.79 Å². The minimum atomic E-state index is -0.460. The molecule has 0 saturated carbocycles. The van der Waals surface area contributed by atoms with Crippen LogP contribution in [0.1, 0.15) is 25.8 Å². The van der Waals surface area contributed by atoms with Crippen LogP contribution in [0.4, 0.5) is 0 Å². The molecule has 100 valence electrons. The van der Waals surface area contributed by atoms with E-state index in [2.05, 4.69) is 10.3 Å². The van der Waals surface area contributed by atoms with E-state index in [0.717, 1.165) is 12.0 Å². The lowest BCUT2D eigenvalue weighted by Crippen LogP contribution is -2.44. The number of carbonyl (C=O) groups is 1. The van der Waals surface area contributed by atoms with E-state index in [-0.39, 0.29) is 11.8 Å². The van der Waals surface area contributed by atoms with E-state index in [9.17, 15) is 4.79 Å². The first kappa shape index (κ1) is 14.4. The molecule has 0 aromatic carbocycles. The van der Waals surface area contributed by atoms with E-state index < -0.39 is 6.04 Å². The van der Waals surface area contributed by atoms with Crippen molar-refractivity contribution < 1.29 is 9.53 Å². The van der Waals surface area contributed by atoms with Gasteiger partial charge in [0.15, 0.2) is 0 Å². The van der Waals surface area contributed by atoms with Crippen molar-refractivity contribution in [1.82, 2.24) is 10.3 Å². The van der Waals surface area contributed by atoms with Crippen molar-refractivity contribution in [2.45, 2.75) is 32.9 Å². The zero-order valence-corrected chi connectivity index (χ0v) is 11.1. The zero-order valence-electron chi connectivity index (χ0n) is 11.1. The molecule has 0 radical (unpaired) electrons. The summed E-state index contributed by atoms with van der Waals surface area (Å²) in [6.07, 6.45) is 2.53. The smallest absolute Gasteiger partial charge is 0.237 e. The van der Waals surface area contributed by atoms with Gasteiger partial charge in [0.25, 0.3) is 0 Å². The van der Waals surface area contributed by atoms with Gasteiger partial charge >= 0.3 is 0 Å². The number of pyridine rings is 1. The predicted molar refractivity (Wildman–Crippen MR) is 70.1 cm³/mol. The largest absolute Gasteiger partial charge is 0.481 e. The van der Waals surface area contributed by atoms with Gasteiger partial charge in [0.2, 0.25) is 11.8 Å². The van der Waals surface area contributed by atoms with Gasteiger partial charge in [-0.2, -0.15) is 0 Å². The highest BCUT2D eigenvalue weighted by Crippen LogP contribution is 2.09. The molecule has 1 aromatic heterocycles. The molecule has 1 heterocycles. The number of carbonyl (C=O) groups excluding carboxylic acids is 1. The molecule has 0 spiro atoms. The van der Waals surface area contributed by atoms with E-state index in [1.165, 1.54) is 0 Å². The summed E-state index contributed by atoms with van der Waals surface area (Å²) >= 11 is 0. The van der Waals surface area contributed by atoms with Crippen LogP contribution in [0.5, 0.6) is 5.88 Å². The van der Waals surface area contributed by atoms with E-state index >= 15 is 0 Å². The number of nitrogens with one attached hydrogen (secondary N) is 1. The third kappa shape index (κ3) is 4.00. The maximum absolute atomic E-state index is 11.8. The fraction of sp³-hybridized carbons (Fsp3) is 0.538. The Balaban J connectivity index is 2.51. The number of rotatable bonds is 6. The fourth-order valence-electron chi connectivity index (χ4n) is 1.49. The highest BCUT2D eigenvalue weighted by Gasteiger charge is 2.18. The Bertz CT molecular complexity index is 396. The number of aromatic nitrogens is 1. The van der Waals surface area contributed by atoms with Crippen LogP contribution in [0.3, 0.4) is 0 Å². The molecule has 0 fully saturated rings. The van der Waals surface area contributed by atoms with Gasteiger partial charge in [-0.15, -0.1) is 0 Å². The van der Waals surface area contributed by atoms with Crippen molar-refractivity contribution in [1.29, 1.82) is 0 Å². The minimum absolute atomic E-state index is 0.125. The van der Waals surface area contributed by atoms with Crippen LogP contribution in [-0.4, -0.2) is 24.0 Å². The molecular weight excluding hydrogens is 230 g/mol. The summed E-state index contributed by atoms with van der Waals surface area (Å²) in [4.78, 5) is 15.8. The fourth-order valence-corrected chi connectivity index (χ4v) is 1.49. The number of ether oxygens (including phenoxy) is 1. The number of hydrogen-bond acceptors (Lipinski definition) is 4.